The van der Waals surface area contributed by atoms with Gasteiger partial charge < -0.3 is 9.84 Å². The molecule has 0 aliphatic rings. The lowest BCUT2D eigenvalue weighted by Crippen LogP contribution is -2.18. The number of hydrogen-bond donors (Lipinski definition) is 1. The van der Waals surface area contributed by atoms with Gasteiger partial charge in [0.15, 0.2) is 0 Å². The second-order valence-corrected chi connectivity index (χ2v) is 14.2. The van der Waals surface area contributed by atoms with Gasteiger partial charge in [-0.1, -0.05) is 174 Å². The van der Waals surface area contributed by atoms with Crippen LogP contribution in [0.4, 0.5) is 0 Å². The number of esters is 1. The number of allylic oxidation sites excluding steroid dienone is 2. The number of carbonyl (C=O) groups is 2. The molecule has 4 heteroatoms. The van der Waals surface area contributed by atoms with Crippen LogP contribution in [0.2, 0.25) is 0 Å². The Morgan fingerprint density at radius 3 is 1.17 bits per heavy atom. The van der Waals surface area contributed by atoms with Gasteiger partial charge in [0.25, 0.3) is 0 Å². The molecule has 272 valence electrons. The van der Waals surface area contributed by atoms with E-state index >= 15 is 0 Å². The van der Waals surface area contributed by atoms with E-state index in [1.165, 1.54) is 161 Å². The second kappa shape index (κ2) is 38.1. The second-order valence-electron chi connectivity index (χ2n) is 14.2. The maximum absolute atomic E-state index is 12.7. The molecular weight excluding hydrogens is 568 g/mol. The molecule has 0 saturated heterocycles. The van der Waals surface area contributed by atoms with Gasteiger partial charge in [-0.15, -0.1) is 0 Å². The first-order valence-electron chi connectivity index (χ1n) is 20.7. The third-order valence-electron chi connectivity index (χ3n) is 9.49. The van der Waals surface area contributed by atoms with Gasteiger partial charge in [-0.2, -0.15) is 0 Å². The molecule has 0 rings (SSSR count). The van der Waals surface area contributed by atoms with Crippen molar-refractivity contribution >= 4 is 11.9 Å². The number of rotatable bonds is 38. The first kappa shape index (κ1) is 44.7. The van der Waals surface area contributed by atoms with Crippen molar-refractivity contribution < 1.29 is 19.4 Å². The van der Waals surface area contributed by atoms with Crippen LogP contribution in [0, 0.1) is 0 Å². The summed E-state index contributed by atoms with van der Waals surface area (Å²) in [5.74, 6) is -0.653. The minimum Gasteiger partial charge on any atom is -0.481 e. The predicted octanol–water partition coefficient (Wildman–Crippen LogP) is 14.2. The molecule has 0 bridgehead atoms. The van der Waals surface area contributed by atoms with Crippen LogP contribution >= 0.6 is 0 Å². The first-order chi connectivity index (χ1) is 22.6. The highest BCUT2D eigenvalue weighted by Gasteiger charge is 2.14. The fraction of sp³-hybridized carbons (Fsp3) is 0.905. The Balaban J connectivity index is 3.96. The molecule has 0 aromatic carbocycles. The average Bonchev–Trinajstić information content (AvgIpc) is 3.04. The minimum absolute atomic E-state index is 0.0265. The largest absolute Gasteiger partial charge is 0.481 e. The standard InChI is InChI=1S/C42H80O4/c1-3-5-7-9-11-13-14-15-16-17-18-19-20-21-27-31-35-39-42(45)46-40(36-32-28-24-12-10-8-6-4-2)37-33-29-25-22-23-26-30-34-38-41(43)44/h15-16,40H,3-14,17-39H2,1-2H3,(H,43,44)/b16-15-. The zero-order valence-electron chi connectivity index (χ0n) is 31.2. The van der Waals surface area contributed by atoms with Crippen molar-refractivity contribution in [3.8, 4) is 0 Å². The predicted molar refractivity (Wildman–Crippen MR) is 200 cm³/mol. The molecule has 0 aromatic rings. The van der Waals surface area contributed by atoms with E-state index in [-0.39, 0.29) is 12.1 Å². The van der Waals surface area contributed by atoms with Crippen LogP contribution in [-0.2, 0) is 14.3 Å². The Bertz CT molecular complexity index is 658. The van der Waals surface area contributed by atoms with Crippen LogP contribution < -0.4 is 0 Å². The number of carboxylic acid groups (broad SMARTS) is 1. The monoisotopic (exact) mass is 649 g/mol. The Morgan fingerprint density at radius 2 is 0.783 bits per heavy atom. The van der Waals surface area contributed by atoms with E-state index in [2.05, 4.69) is 26.0 Å². The molecule has 1 atom stereocenters. The maximum Gasteiger partial charge on any atom is 0.306 e. The van der Waals surface area contributed by atoms with Gasteiger partial charge in [0, 0.05) is 12.8 Å². The van der Waals surface area contributed by atoms with Crippen LogP contribution in [-0.4, -0.2) is 23.1 Å². The molecule has 0 radical (unpaired) electrons. The topological polar surface area (TPSA) is 63.6 Å². The zero-order valence-corrected chi connectivity index (χ0v) is 31.2. The molecule has 4 nitrogen and oxygen atoms in total. The van der Waals surface area contributed by atoms with Crippen molar-refractivity contribution in [2.24, 2.45) is 0 Å². The summed E-state index contributed by atoms with van der Waals surface area (Å²) in [6.45, 7) is 4.55. The van der Waals surface area contributed by atoms with Gasteiger partial charge in [0.2, 0.25) is 0 Å². The van der Waals surface area contributed by atoms with Crippen molar-refractivity contribution in [2.75, 3.05) is 0 Å². The molecule has 0 aliphatic heterocycles. The summed E-state index contributed by atoms with van der Waals surface area (Å²) in [5.41, 5.74) is 0. The van der Waals surface area contributed by atoms with Crippen LogP contribution in [0.15, 0.2) is 12.2 Å². The van der Waals surface area contributed by atoms with Crippen molar-refractivity contribution in [3.63, 3.8) is 0 Å². The van der Waals surface area contributed by atoms with Gasteiger partial charge in [-0.25, -0.2) is 0 Å². The summed E-state index contributed by atoms with van der Waals surface area (Å²) in [6, 6.07) is 0. The number of aliphatic carboxylic acids is 1. The molecule has 0 heterocycles. The highest BCUT2D eigenvalue weighted by Crippen LogP contribution is 2.19. The Kier molecular flexibility index (Phi) is 37.0. The summed E-state index contributed by atoms with van der Waals surface area (Å²) in [6.07, 6.45) is 46.7. The molecule has 1 N–H and O–H groups in total. The van der Waals surface area contributed by atoms with Gasteiger partial charge in [0.1, 0.15) is 6.10 Å². The first-order valence-corrected chi connectivity index (χ1v) is 20.7. The van der Waals surface area contributed by atoms with Crippen LogP contribution in [0.3, 0.4) is 0 Å². The van der Waals surface area contributed by atoms with E-state index in [4.69, 9.17) is 9.84 Å². The van der Waals surface area contributed by atoms with E-state index in [1.54, 1.807) is 0 Å². The highest BCUT2D eigenvalue weighted by atomic mass is 16.5. The number of unbranched alkanes of at least 4 members (excludes halogenated alkanes) is 27. The SMILES string of the molecule is CCCCCCCC/C=C\CCCCCCCCCC(=O)OC(CCCCCCCCCC)CCCCCCCCCCC(=O)O. The van der Waals surface area contributed by atoms with Gasteiger partial charge >= 0.3 is 11.9 Å². The van der Waals surface area contributed by atoms with E-state index in [9.17, 15) is 9.59 Å². The third kappa shape index (κ3) is 37.1. The Hall–Kier alpha value is -1.32. The lowest BCUT2D eigenvalue weighted by atomic mass is 10.0. The molecule has 0 fully saturated rings. The summed E-state index contributed by atoms with van der Waals surface area (Å²) in [5, 5.41) is 8.74. The third-order valence-corrected chi connectivity index (χ3v) is 9.49. The summed E-state index contributed by atoms with van der Waals surface area (Å²) < 4.78 is 6.04. The molecular formula is C42H80O4. The molecule has 0 aliphatic carbocycles. The minimum atomic E-state index is -0.680. The van der Waals surface area contributed by atoms with E-state index in [1.807, 2.05) is 0 Å². The number of carboxylic acids is 1. The number of carbonyl (C=O) groups excluding carboxylic acids is 1. The van der Waals surface area contributed by atoms with Crippen molar-refractivity contribution in [3.05, 3.63) is 12.2 Å². The Morgan fingerprint density at radius 1 is 0.457 bits per heavy atom. The maximum atomic E-state index is 12.7. The summed E-state index contributed by atoms with van der Waals surface area (Å²) in [7, 11) is 0. The molecule has 0 aromatic heterocycles. The average molecular weight is 649 g/mol. The van der Waals surface area contributed by atoms with Crippen LogP contribution in [0.1, 0.15) is 239 Å². The van der Waals surface area contributed by atoms with E-state index in [0.29, 0.717) is 12.8 Å². The quantitative estimate of drug-likeness (QED) is 0.0411. The fourth-order valence-electron chi connectivity index (χ4n) is 6.42. The number of hydrogen-bond acceptors (Lipinski definition) is 3. The van der Waals surface area contributed by atoms with Gasteiger partial charge in [0.05, 0.1) is 0 Å². The lowest BCUT2D eigenvalue weighted by Gasteiger charge is -2.18. The smallest absolute Gasteiger partial charge is 0.306 e. The highest BCUT2D eigenvalue weighted by molar-refractivity contribution is 5.69. The van der Waals surface area contributed by atoms with Crippen molar-refractivity contribution in [2.45, 2.75) is 245 Å². The lowest BCUT2D eigenvalue weighted by molar-refractivity contribution is -0.150. The van der Waals surface area contributed by atoms with Crippen LogP contribution in [0.5, 0.6) is 0 Å². The zero-order chi connectivity index (χ0) is 33.6. The van der Waals surface area contributed by atoms with Crippen molar-refractivity contribution in [1.82, 2.24) is 0 Å². The van der Waals surface area contributed by atoms with Crippen LogP contribution in [0.25, 0.3) is 0 Å². The van der Waals surface area contributed by atoms with Gasteiger partial charge in [-0.05, 0) is 64.2 Å². The molecule has 0 saturated carbocycles. The van der Waals surface area contributed by atoms with Crippen molar-refractivity contribution in [1.29, 1.82) is 0 Å². The molecule has 1 unspecified atom stereocenters. The van der Waals surface area contributed by atoms with E-state index in [0.717, 1.165) is 51.4 Å². The molecule has 0 amide bonds. The normalized spacial score (nSPS) is 12.2. The molecule has 0 spiro atoms. The molecule has 46 heavy (non-hydrogen) atoms. The van der Waals surface area contributed by atoms with Gasteiger partial charge in [-0.3, -0.25) is 9.59 Å². The summed E-state index contributed by atoms with van der Waals surface area (Å²) in [4.78, 5) is 23.3. The summed E-state index contributed by atoms with van der Waals surface area (Å²) >= 11 is 0. The fourth-order valence-corrected chi connectivity index (χ4v) is 6.42. The Labute approximate surface area is 287 Å². The number of ether oxygens (including phenoxy) is 1. The van der Waals surface area contributed by atoms with E-state index < -0.39 is 5.97 Å².